The number of piperidine rings is 1. The number of hydrogen-bond acceptors (Lipinski definition) is 4. The molecule has 1 aromatic carbocycles. The molecule has 0 aliphatic carbocycles. The number of benzene rings is 1. The van der Waals surface area contributed by atoms with Gasteiger partial charge in [0.15, 0.2) is 0 Å². The molecule has 0 radical (unpaired) electrons. The van der Waals surface area contributed by atoms with Gasteiger partial charge in [-0.25, -0.2) is 0 Å². The van der Waals surface area contributed by atoms with Crippen LogP contribution in [-0.2, 0) is 20.7 Å². The van der Waals surface area contributed by atoms with Crippen LogP contribution in [0.5, 0.6) is 0 Å². The van der Waals surface area contributed by atoms with Gasteiger partial charge in [0.2, 0.25) is 5.91 Å². The third-order valence-electron chi connectivity index (χ3n) is 3.97. The van der Waals surface area contributed by atoms with Crippen LogP contribution in [0, 0.1) is 5.92 Å². The molecule has 0 bridgehead atoms. The van der Waals surface area contributed by atoms with Crippen molar-refractivity contribution in [2.45, 2.75) is 32.2 Å². The summed E-state index contributed by atoms with van der Waals surface area (Å²) in [6.45, 7) is 3.24. The SMILES string of the molecule is CCOC(=O)C1CCCN(C(=O)C(N)Cc2ccccc2)C1.Cl. The lowest BCUT2D eigenvalue weighted by atomic mass is 9.97. The number of halogens is 1. The Morgan fingerprint density at radius 2 is 2.04 bits per heavy atom. The topological polar surface area (TPSA) is 72.6 Å². The number of amides is 1. The van der Waals surface area contributed by atoms with Gasteiger partial charge in [0.05, 0.1) is 18.6 Å². The molecule has 1 aliphatic rings. The molecule has 1 heterocycles. The zero-order valence-electron chi connectivity index (χ0n) is 13.4. The van der Waals surface area contributed by atoms with Crippen molar-refractivity contribution in [3.63, 3.8) is 0 Å². The van der Waals surface area contributed by atoms with Crippen molar-refractivity contribution < 1.29 is 14.3 Å². The molecule has 2 atom stereocenters. The van der Waals surface area contributed by atoms with Crippen LogP contribution in [0.25, 0.3) is 0 Å². The highest BCUT2D eigenvalue weighted by molar-refractivity contribution is 5.85. The average molecular weight is 341 g/mol. The van der Waals surface area contributed by atoms with Crippen molar-refractivity contribution in [1.82, 2.24) is 4.90 Å². The fourth-order valence-corrected chi connectivity index (χ4v) is 2.82. The second kappa shape index (κ2) is 9.53. The van der Waals surface area contributed by atoms with Crippen LogP contribution in [0.3, 0.4) is 0 Å². The third-order valence-corrected chi connectivity index (χ3v) is 3.97. The van der Waals surface area contributed by atoms with Crippen LogP contribution in [0.15, 0.2) is 30.3 Å². The summed E-state index contributed by atoms with van der Waals surface area (Å²) >= 11 is 0. The lowest BCUT2D eigenvalue weighted by Gasteiger charge is -2.33. The van der Waals surface area contributed by atoms with Gasteiger partial charge in [0, 0.05) is 13.1 Å². The maximum atomic E-state index is 12.5. The Morgan fingerprint density at radius 1 is 1.35 bits per heavy atom. The Hall–Kier alpha value is -1.59. The molecule has 2 N–H and O–H groups in total. The minimum atomic E-state index is -0.566. The summed E-state index contributed by atoms with van der Waals surface area (Å²) < 4.78 is 5.06. The molecule has 2 unspecified atom stereocenters. The van der Waals surface area contributed by atoms with Crippen LogP contribution < -0.4 is 5.73 Å². The number of rotatable bonds is 5. The zero-order chi connectivity index (χ0) is 15.9. The first-order chi connectivity index (χ1) is 10.6. The average Bonchev–Trinajstić information content (AvgIpc) is 2.55. The molecule has 1 aliphatic heterocycles. The van der Waals surface area contributed by atoms with Gasteiger partial charge >= 0.3 is 5.97 Å². The zero-order valence-corrected chi connectivity index (χ0v) is 14.3. The van der Waals surface area contributed by atoms with E-state index in [0.717, 1.165) is 18.4 Å². The van der Waals surface area contributed by atoms with Crippen molar-refractivity contribution >= 4 is 24.3 Å². The summed E-state index contributed by atoms with van der Waals surface area (Å²) in [4.78, 5) is 26.0. The molecule has 0 aromatic heterocycles. The molecular formula is C17H25ClN2O3. The number of hydrogen-bond donors (Lipinski definition) is 1. The van der Waals surface area contributed by atoms with Crippen molar-refractivity contribution in [3.8, 4) is 0 Å². The predicted molar refractivity (Wildman–Crippen MR) is 91.3 cm³/mol. The lowest BCUT2D eigenvalue weighted by molar-refractivity contribution is -0.151. The molecule has 5 nitrogen and oxygen atoms in total. The summed E-state index contributed by atoms with van der Waals surface area (Å²) in [6.07, 6.45) is 2.10. The molecule has 0 saturated carbocycles. The molecule has 0 spiro atoms. The molecule has 1 saturated heterocycles. The standard InChI is InChI=1S/C17H24N2O3.ClH/c1-2-22-17(21)14-9-6-10-19(12-14)16(20)15(18)11-13-7-4-3-5-8-13;/h3-5,7-8,14-15H,2,6,9-12,18H2,1H3;1H. The van der Waals surface area contributed by atoms with Gasteiger partial charge < -0.3 is 15.4 Å². The Kier molecular flexibility index (Phi) is 8.06. The van der Waals surface area contributed by atoms with Gasteiger partial charge in [-0.05, 0) is 31.7 Å². The van der Waals surface area contributed by atoms with E-state index in [1.807, 2.05) is 30.3 Å². The van der Waals surface area contributed by atoms with Crippen molar-refractivity contribution in [3.05, 3.63) is 35.9 Å². The van der Waals surface area contributed by atoms with Gasteiger partial charge in [-0.3, -0.25) is 9.59 Å². The Labute approximate surface area is 143 Å². The summed E-state index contributed by atoms with van der Waals surface area (Å²) in [7, 11) is 0. The molecule has 1 amide bonds. The normalized spacial score (nSPS) is 18.7. The fourth-order valence-electron chi connectivity index (χ4n) is 2.82. The van der Waals surface area contributed by atoms with Crippen molar-refractivity contribution in [2.75, 3.05) is 19.7 Å². The van der Waals surface area contributed by atoms with E-state index < -0.39 is 6.04 Å². The third kappa shape index (κ3) is 5.52. The minimum Gasteiger partial charge on any atom is -0.466 e. The molecular weight excluding hydrogens is 316 g/mol. The van der Waals surface area contributed by atoms with E-state index in [9.17, 15) is 9.59 Å². The number of likely N-dealkylation sites (tertiary alicyclic amines) is 1. The molecule has 1 aromatic rings. The molecule has 2 rings (SSSR count). The number of carbonyl (C=O) groups excluding carboxylic acids is 2. The van der Waals surface area contributed by atoms with E-state index in [-0.39, 0.29) is 30.2 Å². The first-order valence-corrected chi connectivity index (χ1v) is 7.86. The van der Waals surface area contributed by atoms with E-state index in [4.69, 9.17) is 10.5 Å². The van der Waals surface area contributed by atoms with Crippen LogP contribution in [0.2, 0.25) is 0 Å². The molecule has 1 fully saturated rings. The van der Waals surface area contributed by atoms with E-state index in [1.165, 1.54) is 0 Å². The first kappa shape index (κ1) is 19.5. The van der Waals surface area contributed by atoms with Crippen LogP contribution >= 0.6 is 12.4 Å². The van der Waals surface area contributed by atoms with E-state index in [2.05, 4.69) is 0 Å². The Morgan fingerprint density at radius 3 is 2.70 bits per heavy atom. The quantitative estimate of drug-likeness (QED) is 0.829. The monoisotopic (exact) mass is 340 g/mol. The molecule has 128 valence electrons. The minimum absolute atomic E-state index is 0. The van der Waals surface area contributed by atoms with Crippen molar-refractivity contribution in [1.29, 1.82) is 0 Å². The number of nitrogens with zero attached hydrogens (tertiary/aromatic N) is 1. The Balaban J connectivity index is 0.00000264. The molecule has 6 heteroatoms. The van der Waals surface area contributed by atoms with Gasteiger partial charge in [-0.2, -0.15) is 0 Å². The van der Waals surface area contributed by atoms with E-state index in [1.54, 1.807) is 11.8 Å². The maximum absolute atomic E-state index is 12.5. The van der Waals surface area contributed by atoms with Crippen LogP contribution in [0.4, 0.5) is 0 Å². The second-order valence-corrected chi connectivity index (χ2v) is 5.67. The highest BCUT2D eigenvalue weighted by Gasteiger charge is 2.31. The fraction of sp³-hybridized carbons (Fsp3) is 0.529. The van der Waals surface area contributed by atoms with Gasteiger partial charge in [0.1, 0.15) is 0 Å². The highest BCUT2D eigenvalue weighted by Crippen LogP contribution is 2.19. The van der Waals surface area contributed by atoms with Gasteiger partial charge in [-0.1, -0.05) is 30.3 Å². The summed E-state index contributed by atoms with van der Waals surface area (Å²) in [5.74, 6) is -0.518. The summed E-state index contributed by atoms with van der Waals surface area (Å²) in [6, 6.07) is 9.17. The Bertz CT molecular complexity index is 510. The number of carbonyl (C=O) groups is 2. The van der Waals surface area contributed by atoms with Gasteiger partial charge in [-0.15, -0.1) is 12.4 Å². The second-order valence-electron chi connectivity index (χ2n) is 5.67. The van der Waals surface area contributed by atoms with Crippen LogP contribution in [-0.4, -0.2) is 42.5 Å². The largest absolute Gasteiger partial charge is 0.466 e. The number of nitrogens with two attached hydrogens (primary N) is 1. The van der Waals surface area contributed by atoms with Gasteiger partial charge in [0.25, 0.3) is 0 Å². The van der Waals surface area contributed by atoms with Crippen molar-refractivity contribution in [2.24, 2.45) is 11.7 Å². The highest BCUT2D eigenvalue weighted by atomic mass is 35.5. The predicted octanol–water partition coefficient (Wildman–Crippen LogP) is 1.78. The van der Waals surface area contributed by atoms with E-state index >= 15 is 0 Å². The maximum Gasteiger partial charge on any atom is 0.310 e. The number of ether oxygens (including phenoxy) is 1. The lowest BCUT2D eigenvalue weighted by Crippen LogP contribution is -2.50. The molecule has 23 heavy (non-hydrogen) atoms. The summed E-state index contributed by atoms with van der Waals surface area (Å²) in [5.41, 5.74) is 7.10. The summed E-state index contributed by atoms with van der Waals surface area (Å²) in [5, 5.41) is 0. The number of esters is 1. The first-order valence-electron chi connectivity index (χ1n) is 7.86. The smallest absolute Gasteiger partial charge is 0.310 e. The van der Waals surface area contributed by atoms with Crippen LogP contribution in [0.1, 0.15) is 25.3 Å². The van der Waals surface area contributed by atoms with E-state index in [0.29, 0.717) is 26.1 Å².